The van der Waals surface area contributed by atoms with E-state index < -0.39 is 0 Å². The van der Waals surface area contributed by atoms with Crippen molar-refractivity contribution in [1.82, 2.24) is 9.91 Å². The second kappa shape index (κ2) is 4.49. The molecule has 13 heavy (non-hydrogen) atoms. The lowest BCUT2D eigenvalue weighted by molar-refractivity contribution is 0.127. The Kier molecular flexibility index (Phi) is 3.58. The van der Waals surface area contributed by atoms with Crippen LogP contribution in [0.5, 0.6) is 0 Å². The van der Waals surface area contributed by atoms with Gasteiger partial charge in [0.05, 0.1) is 0 Å². The molecule has 0 aromatic carbocycles. The van der Waals surface area contributed by atoms with Crippen LogP contribution < -0.4 is 0 Å². The Balaban J connectivity index is 2.41. The molecule has 0 aliphatic carbocycles. The maximum Gasteiger partial charge on any atom is 0.116 e. The van der Waals surface area contributed by atoms with Gasteiger partial charge < -0.3 is 4.90 Å². The van der Waals surface area contributed by atoms with Crippen molar-refractivity contribution in [3.8, 4) is 0 Å². The number of hydrogen-bond acceptors (Lipinski definition) is 3. The van der Waals surface area contributed by atoms with E-state index >= 15 is 0 Å². The molecular weight excluding hydrogens is 162 g/mol. The first-order valence-electron chi connectivity index (χ1n) is 5.25. The molecular formula is C10H21N3. The fourth-order valence-electron chi connectivity index (χ4n) is 1.60. The van der Waals surface area contributed by atoms with Gasteiger partial charge in [-0.15, -0.1) is 0 Å². The molecule has 1 aliphatic heterocycles. The fourth-order valence-corrected chi connectivity index (χ4v) is 1.60. The summed E-state index contributed by atoms with van der Waals surface area (Å²) >= 11 is 0. The summed E-state index contributed by atoms with van der Waals surface area (Å²) in [7, 11) is 0. The van der Waals surface area contributed by atoms with Crippen LogP contribution in [0.2, 0.25) is 0 Å². The second-order valence-corrected chi connectivity index (χ2v) is 3.92. The number of hydrogen-bond donors (Lipinski definition) is 0. The lowest BCUT2D eigenvalue weighted by atomic mass is 10.3. The highest BCUT2D eigenvalue weighted by molar-refractivity contribution is 5.57. The SMILES string of the molecule is CCCCN1N=CN(C(C)C)C1C. The van der Waals surface area contributed by atoms with Crippen molar-refractivity contribution in [2.45, 2.75) is 52.7 Å². The summed E-state index contributed by atoms with van der Waals surface area (Å²) in [5, 5.41) is 6.56. The van der Waals surface area contributed by atoms with Gasteiger partial charge in [-0.05, 0) is 27.2 Å². The van der Waals surface area contributed by atoms with Gasteiger partial charge in [-0.1, -0.05) is 13.3 Å². The zero-order valence-electron chi connectivity index (χ0n) is 9.20. The van der Waals surface area contributed by atoms with Gasteiger partial charge in [0.1, 0.15) is 12.5 Å². The van der Waals surface area contributed by atoms with Gasteiger partial charge in [-0.25, -0.2) is 0 Å². The van der Waals surface area contributed by atoms with Crippen LogP contribution in [0.15, 0.2) is 5.10 Å². The third-order valence-electron chi connectivity index (χ3n) is 2.53. The second-order valence-electron chi connectivity index (χ2n) is 3.92. The molecule has 3 nitrogen and oxygen atoms in total. The molecule has 1 aliphatic rings. The Morgan fingerprint density at radius 2 is 2.15 bits per heavy atom. The van der Waals surface area contributed by atoms with Gasteiger partial charge in [0.2, 0.25) is 0 Å². The minimum atomic E-state index is 0.437. The van der Waals surface area contributed by atoms with Crippen molar-refractivity contribution in [2.24, 2.45) is 5.10 Å². The summed E-state index contributed by atoms with van der Waals surface area (Å²) < 4.78 is 0. The fraction of sp³-hybridized carbons (Fsp3) is 0.900. The van der Waals surface area contributed by atoms with Crippen LogP contribution >= 0.6 is 0 Å². The molecule has 0 spiro atoms. The third kappa shape index (κ3) is 2.36. The van der Waals surface area contributed by atoms with Crippen LogP contribution in [0, 0.1) is 0 Å². The van der Waals surface area contributed by atoms with Crippen LogP contribution in [0.4, 0.5) is 0 Å². The van der Waals surface area contributed by atoms with Crippen molar-refractivity contribution >= 4 is 6.34 Å². The van der Waals surface area contributed by atoms with E-state index in [-0.39, 0.29) is 0 Å². The van der Waals surface area contributed by atoms with Crippen molar-refractivity contribution in [1.29, 1.82) is 0 Å². The number of rotatable bonds is 4. The summed E-state index contributed by atoms with van der Waals surface area (Å²) in [6.45, 7) is 9.91. The lowest BCUT2D eigenvalue weighted by Crippen LogP contribution is -2.41. The Labute approximate surface area is 81.4 Å². The number of unbranched alkanes of at least 4 members (excludes halogenated alkanes) is 1. The van der Waals surface area contributed by atoms with E-state index in [2.05, 4.69) is 42.7 Å². The van der Waals surface area contributed by atoms with Gasteiger partial charge in [0, 0.05) is 12.6 Å². The summed E-state index contributed by atoms with van der Waals surface area (Å²) in [4.78, 5) is 2.29. The summed E-state index contributed by atoms with van der Waals surface area (Å²) in [5.41, 5.74) is 0. The predicted molar refractivity (Wildman–Crippen MR) is 56.5 cm³/mol. The largest absolute Gasteiger partial charge is 0.337 e. The highest BCUT2D eigenvalue weighted by Gasteiger charge is 2.24. The first-order chi connectivity index (χ1) is 6.16. The normalized spacial score (nSPS) is 22.1. The van der Waals surface area contributed by atoms with Gasteiger partial charge in [-0.2, -0.15) is 5.10 Å². The highest BCUT2D eigenvalue weighted by atomic mass is 15.6. The van der Waals surface area contributed by atoms with Gasteiger partial charge in [-0.3, -0.25) is 5.01 Å². The van der Waals surface area contributed by atoms with Crippen LogP contribution in [0.25, 0.3) is 0 Å². The first kappa shape index (κ1) is 10.4. The van der Waals surface area contributed by atoms with Crippen molar-refractivity contribution in [3.05, 3.63) is 0 Å². The minimum Gasteiger partial charge on any atom is -0.337 e. The summed E-state index contributed by atoms with van der Waals surface area (Å²) in [5.74, 6) is 0. The lowest BCUT2D eigenvalue weighted by Gasteiger charge is -2.30. The number of hydrazone groups is 1. The van der Waals surface area contributed by atoms with Crippen molar-refractivity contribution < 1.29 is 0 Å². The molecule has 0 saturated heterocycles. The van der Waals surface area contributed by atoms with E-state index in [9.17, 15) is 0 Å². The first-order valence-corrected chi connectivity index (χ1v) is 5.25. The molecule has 1 unspecified atom stereocenters. The molecule has 1 heterocycles. The molecule has 3 heteroatoms. The van der Waals surface area contributed by atoms with Gasteiger partial charge in [0.15, 0.2) is 0 Å². The maximum absolute atomic E-state index is 4.39. The predicted octanol–water partition coefficient (Wildman–Crippen LogP) is 2.10. The van der Waals surface area contributed by atoms with Crippen molar-refractivity contribution in [2.75, 3.05) is 6.54 Å². The van der Waals surface area contributed by atoms with E-state index in [0.717, 1.165) is 6.54 Å². The molecule has 0 N–H and O–H groups in total. The van der Waals surface area contributed by atoms with Crippen molar-refractivity contribution in [3.63, 3.8) is 0 Å². The highest BCUT2D eigenvalue weighted by Crippen LogP contribution is 2.15. The Hall–Kier alpha value is -0.730. The monoisotopic (exact) mass is 183 g/mol. The average molecular weight is 183 g/mol. The van der Waals surface area contributed by atoms with E-state index in [4.69, 9.17) is 0 Å². The van der Waals surface area contributed by atoms with E-state index in [0.29, 0.717) is 12.2 Å². The minimum absolute atomic E-state index is 0.437. The van der Waals surface area contributed by atoms with E-state index in [1.807, 2.05) is 6.34 Å². The van der Waals surface area contributed by atoms with E-state index in [1.54, 1.807) is 0 Å². The Bertz CT molecular complexity index is 177. The molecule has 1 rings (SSSR count). The maximum atomic E-state index is 4.39. The summed E-state index contributed by atoms with van der Waals surface area (Å²) in [6.07, 6.45) is 4.87. The molecule has 76 valence electrons. The standard InChI is InChI=1S/C10H21N3/c1-5-6-7-13-10(4)12(8-11-13)9(2)3/h8-10H,5-7H2,1-4H3. The molecule has 0 bridgehead atoms. The Morgan fingerprint density at radius 1 is 1.46 bits per heavy atom. The zero-order chi connectivity index (χ0) is 9.84. The van der Waals surface area contributed by atoms with Gasteiger partial charge in [0.25, 0.3) is 0 Å². The van der Waals surface area contributed by atoms with E-state index in [1.165, 1.54) is 12.8 Å². The Morgan fingerprint density at radius 3 is 2.62 bits per heavy atom. The number of nitrogens with zero attached hydrogens (tertiary/aromatic N) is 3. The van der Waals surface area contributed by atoms with Crippen LogP contribution in [-0.2, 0) is 0 Å². The molecule has 0 saturated carbocycles. The van der Waals surface area contributed by atoms with Crippen LogP contribution in [0.1, 0.15) is 40.5 Å². The average Bonchev–Trinajstić information content (AvgIpc) is 2.43. The van der Waals surface area contributed by atoms with Crippen LogP contribution in [-0.4, -0.2) is 35.0 Å². The molecule has 0 amide bonds. The molecule has 1 atom stereocenters. The van der Waals surface area contributed by atoms with Gasteiger partial charge >= 0.3 is 0 Å². The topological polar surface area (TPSA) is 18.8 Å². The molecule has 0 fully saturated rings. The quantitative estimate of drug-likeness (QED) is 0.664. The molecule has 0 aromatic rings. The smallest absolute Gasteiger partial charge is 0.116 e. The summed E-state index contributed by atoms with van der Waals surface area (Å²) in [6, 6.07) is 0.547. The molecule has 0 aromatic heterocycles. The molecule has 0 radical (unpaired) electrons. The zero-order valence-corrected chi connectivity index (χ0v) is 9.20. The third-order valence-corrected chi connectivity index (χ3v) is 2.53. The van der Waals surface area contributed by atoms with Crippen LogP contribution in [0.3, 0.4) is 0 Å².